The van der Waals surface area contributed by atoms with Crippen LogP contribution in [0, 0.1) is 0 Å². The first kappa shape index (κ1) is 15.7. The number of nitrogens with zero attached hydrogens (tertiary/aromatic N) is 2. The number of benzene rings is 1. The number of hydrogen-bond donors (Lipinski definition) is 1. The number of fused-ring (bicyclic) bond motifs is 1. The molecule has 0 aliphatic carbocycles. The molecule has 1 aliphatic rings. The number of nitrogens with one attached hydrogen (secondary N) is 1. The van der Waals surface area contributed by atoms with E-state index in [1.165, 1.54) is 0 Å². The molecule has 6 heteroatoms. The van der Waals surface area contributed by atoms with Gasteiger partial charge in [-0.25, -0.2) is 0 Å². The van der Waals surface area contributed by atoms with Crippen molar-refractivity contribution in [3.63, 3.8) is 0 Å². The zero-order valence-electron chi connectivity index (χ0n) is 13.2. The largest absolute Gasteiger partial charge is 0.497 e. The highest BCUT2D eigenvalue weighted by Gasteiger charge is 2.13. The highest BCUT2D eigenvalue weighted by molar-refractivity contribution is 6.01. The Morgan fingerprint density at radius 2 is 2.22 bits per heavy atom. The molecule has 1 aromatic heterocycles. The molecule has 0 spiro atoms. The van der Waals surface area contributed by atoms with Crippen LogP contribution in [0.1, 0.15) is 6.42 Å². The Kier molecular flexibility index (Phi) is 5.05. The lowest BCUT2D eigenvalue weighted by Gasteiger charge is -2.26. The fraction of sp³-hybridized carbons (Fsp3) is 0.412. The van der Waals surface area contributed by atoms with Crippen molar-refractivity contribution in [2.75, 3.05) is 45.3 Å². The van der Waals surface area contributed by atoms with Crippen LogP contribution < -0.4 is 10.1 Å². The molecule has 122 valence electrons. The van der Waals surface area contributed by atoms with Crippen LogP contribution in [0.3, 0.4) is 0 Å². The number of morpholine rings is 1. The lowest BCUT2D eigenvalue weighted by Crippen LogP contribution is -2.38. The molecule has 3 rings (SSSR count). The van der Waals surface area contributed by atoms with E-state index in [2.05, 4.69) is 15.2 Å². The van der Waals surface area contributed by atoms with Gasteiger partial charge in [-0.05, 0) is 12.1 Å². The van der Waals surface area contributed by atoms with Gasteiger partial charge in [0.2, 0.25) is 5.91 Å². The molecule has 1 saturated heterocycles. The van der Waals surface area contributed by atoms with Gasteiger partial charge in [0.1, 0.15) is 5.75 Å². The summed E-state index contributed by atoms with van der Waals surface area (Å²) in [4.78, 5) is 18.9. The molecule has 0 bridgehead atoms. The number of pyridine rings is 1. The molecule has 0 unspecified atom stereocenters. The van der Waals surface area contributed by atoms with Crippen molar-refractivity contribution in [3.8, 4) is 5.75 Å². The Morgan fingerprint density at radius 3 is 3.00 bits per heavy atom. The van der Waals surface area contributed by atoms with Crippen molar-refractivity contribution in [1.29, 1.82) is 0 Å². The zero-order chi connectivity index (χ0) is 16.1. The molecule has 1 N–H and O–H groups in total. The Morgan fingerprint density at radius 1 is 1.39 bits per heavy atom. The Bertz CT molecular complexity index is 684. The summed E-state index contributed by atoms with van der Waals surface area (Å²) >= 11 is 0. The van der Waals surface area contributed by atoms with Crippen LogP contribution in [-0.2, 0) is 9.53 Å². The molecule has 23 heavy (non-hydrogen) atoms. The lowest BCUT2D eigenvalue weighted by molar-refractivity contribution is -0.116. The SMILES string of the molecule is COc1cc(NC(=O)CCN2CCOCC2)c2ncccc2c1. The van der Waals surface area contributed by atoms with Crippen molar-refractivity contribution >= 4 is 22.5 Å². The number of carbonyl (C=O) groups is 1. The van der Waals surface area contributed by atoms with Gasteiger partial charge in [0.15, 0.2) is 0 Å². The molecule has 0 radical (unpaired) electrons. The summed E-state index contributed by atoms with van der Waals surface area (Å²) in [6.07, 6.45) is 2.17. The standard InChI is InChI=1S/C17H21N3O3/c1-22-14-11-13-3-2-5-18-17(13)15(12-14)19-16(21)4-6-20-7-9-23-10-8-20/h2-3,5,11-12H,4,6-10H2,1H3,(H,19,21). The van der Waals surface area contributed by atoms with Crippen LogP contribution in [0.2, 0.25) is 0 Å². The first-order chi connectivity index (χ1) is 11.3. The summed E-state index contributed by atoms with van der Waals surface area (Å²) in [5.74, 6) is 0.686. The summed E-state index contributed by atoms with van der Waals surface area (Å²) in [5, 5.41) is 3.90. The van der Waals surface area contributed by atoms with Crippen molar-refractivity contribution < 1.29 is 14.3 Å². The number of amides is 1. The fourth-order valence-electron chi connectivity index (χ4n) is 2.68. The number of carbonyl (C=O) groups excluding carboxylic acids is 1. The van der Waals surface area contributed by atoms with E-state index in [1.807, 2.05) is 24.3 Å². The average molecular weight is 315 g/mol. The first-order valence-corrected chi connectivity index (χ1v) is 7.79. The van der Waals surface area contributed by atoms with E-state index in [1.54, 1.807) is 13.3 Å². The van der Waals surface area contributed by atoms with E-state index in [0.717, 1.165) is 43.8 Å². The summed E-state index contributed by atoms with van der Waals surface area (Å²) in [6, 6.07) is 7.54. The third-order valence-corrected chi connectivity index (χ3v) is 3.95. The number of rotatable bonds is 5. The number of anilines is 1. The van der Waals surface area contributed by atoms with Crippen LogP contribution in [0.15, 0.2) is 30.5 Å². The van der Waals surface area contributed by atoms with Gasteiger partial charge in [0.05, 0.1) is 31.5 Å². The maximum atomic E-state index is 12.3. The number of aromatic nitrogens is 1. The molecule has 0 saturated carbocycles. The normalized spacial score (nSPS) is 15.5. The van der Waals surface area contributed by atoms with Gasteiger partial charge in [-0.3, -0.25) is 14.7 Å². The maximum Gasteiger partial charge on any atom is 0.225 e. The van der Waals surface area contributed by atoms with Crippen LogP contribution in [0.4, 0.5) is 5.69 Å². The van der Waals surface area contributed by atoms with Crippen LogP contribution >= 0.6 is 0 Å². The predicted molar refractivity (Wildman–Crippen MR) is 88.8 cm³/mol. The summed E-state index contributed by atoms with van der Waals surface area (Å²) in [6.45, 7) is 4.00. The summed E-state index contributed by atoms with van der Waals surface area (Å²) < 4.78 is 10.6. The fourth-order valence-corrected chi connectivity index (χ4v) is 2.68. The zero-order valence-corrected chi connectivity index (χ0v) is 13.2. The van der Waals surface area contributed by atoms with Gasteiger partial charge in [-0.1, -0.05) is 6.07 Å². The van der Waals surface area contributed by atoms with E-state index < -0.39 is 0 Å². The second-order valence-electron chi connectivity index (χ2n) is 5.50. The predicted octanol–water partition coefficient (Wildman–Crippen LogP) is 1.90. The summed E-state index contributed by atoms with van der Waals surface area (Å²) in [7, 11) is 1.61. The van der Waals surface area contributed by atoms with Crippen molar-refractivity contribution in [3.05, 3.63) is 30.5 Å². The number of methoxy groups -OCH3 is 1. The molecular formula is C17H21N3O3. The minimum Gasteiger partial charge on any atom is -0.497 e. The smallest absolute Gasteiger partial charge is 0.225 e. The molecule has 2 aromatic rings. The molecular weight excluding hydrogens is 294 g/mol. The molecule has 6 nitrogen and oxygen atoms in total. The third-order valence-electron chi connectivity index (χ3n) is 3.95. The Balaban J connectivity index is 1.68. The van der Waals surface area contributed by atoms with Gasteiger partial charge < -0.3 is 14.8 Å². The van der Waals surface area contributed by atoms with Crippen LogP contribution in [-0.4, -0.2) is 55.7 Å². The topological polar surface area (TPSA) is 63.7 Å². The van der Waals surface area contributed by atoms with Gasteiger partial charge in [0, 0.05) is 43.7 Å². The highest BCUT2D eigenvalue weighted by atomic mass is 16.5. The van der Waals surface area contributed by atoms with E-state index >= 15 is 0 Å². The average Bonchev–Trinajstić information content (AvgIpc) is 2.60. The Labute approximate surface area is 135 Å². The molecule has 2 heterocycles. The molecule has 1 amide bonds. The van der Waals surface area contributed by atoms with Crippen molar-refractivity contribution in [2.45, 2.75) is 6.42 Å². The molecule has 1 fully saturated rings. The van der Waals surface area contributed by atoms with Crippen LogP contribution in [0.25, 0.3) is 10.9 Å². The Hall–Kier alpha value is -2.18. The minimum absolute atomic E-state index is 0.0169. The molecule has 1 aromatic carbocycles. The van der Waals surface area contributed by atoms with E-state index in [4.69, 9.17) is 9.47 Å². The second-order valence-corrected chi connectivity index (χ2v) is 5.50. The van der Waals surface area contributed by atoms with Crippen LogP contribution in [0.5, 0.6) is 5.75 Å². The van der Waals surface area contributed by atoms with E-state index in [-0.39, 0.29) is 5.91 Å². The number of ether oxygens (including phenoxy) is 2. The lowest BCUT2D eigenvalue weighted by atomic mass is 10.1. The quantitative estimate of drug-likeness (QED) is 0.913. The van der Waals surface area contributed by atoms with Crippen molar-refractivity contribution in [1.82, 2.24) is 9.88 Å². The third kappa shape index (κ3) is 3.97. The van der Waals surface area contributed by atoms with E-state index in [9.17, 15) is 4.79 Å². The molecule has 1 aliphatic heterocycles. The van der Waals surface area contributed by atoms with Gasteiger partial charge >= 0.3 is 0 Å². The molecule has 0 atom stereocenters. The second kappa shape index (κ2) is 7.39. The van der Waals surface area contributed by atoms with Crippen molar-refractivity contribution in [2.24, 2.45) is 0 Å². The minimum atomic E-state index is -0.0169. The summed E-state index contributed by atoms with van der Waals surface area (Å²) in [5.41, 5.74) is 1.46. The van der Waals surface area contributed by atoms with Gasteiger partial charge in [-0.2, -0.15) is 0 Å². The number of hydrogen-bond acceptors (Lipinski definition) is 5. The van der Waals surface area contributed by atoms with Gasteiger partial charge in [0.25, 0.3) is 0 Å². The first-order valence-electron chi connectivity index (χ1n) is 7.79. The maximum absolute atomic E-state index is 12.3. The van der Waals surface area contributed by atoms with Gasteiger partial charge in [-0.15, -0.1) is 0 Å². The monoisotopic (exact) mass is 315 g/mol. The van der Waals surface area contributed by atoms with E-state index in [0.29, 0.717) is 17.9 Å². The highest BCUT2D eigenvalue weighted by Crippen LogP contribution is 2.27.